The first-order valence-corrected chi connectivity index (χ1v) is 15.1. The van der Waals surface area contributed by atoms with Crippen LogP contribution < -0.4 is 9.47 Å². The predicted octanol–water partition coefficient (Wildman–Crippen LogP) is 5.50. The number of carbonyl (C=O) groups is 1. The number of piperazine rings is 1. The number of ether oxygens (including phenoxy) is 2. The molecule has 0 spiro atoms. The van der Waals surface area contributed by atoms with Crippen molar-refractivity contribution < 1.29 is 18.7 Å². The van der Waals surface area contributed by atoms with E-state index >= 15 is 0 Å². The van der Waals surface area contributed by atoms with E-state index in [9.17, 15) is 9.18 Å². The van der Waals surface area contributed by atoms with Crippen LogP contribution in [0.1, 0.15) is 32.2 Å². The molecule has 220 valence electrons. The van der Waals surface area contributed by atoms with E-state index in [2.05, 4.69) is 34.1 Å². The molecule has 1 saturated heterocycles. The molecule has 9 heteroatoms. The molecule has 0 bridgehead atoms. The minimum Gasteiger partial charge on any atom is -0.493 e. The third kappa shape index (κ3) is 7.94. The van der Waals surface area contributed by atoms with Crippen LogP contribution in [0.15, 0.2) is 78.2 Å². The number of halogens is 1. The molecule has 0 atom stereocenters. The summed E-state index contributed by atoms with van der Waals surface area (Å²) >= 11 is 1.51. The topological polar surface area (TPSA) is 58.1 Å². The zero-order valence-electron chi connectivity index (χ0n) is 24.2. The van der Waals surface area contributed by atoms with Crippen LogP contribution in [0.2, 0.25) is 0 Å². The summed E-state index contributed by atoms with van der Waals surface area (Å²) in [7, 11) is 3.26. The van der Waals surface area contributed by atoms with Gasteiger partial charge in [-0.2, -0.15) is 0 Å². The summed E-state index contributed by atoms with van der Waals surface area (Å²) in [5, 5.41) is 2.76. The Hall–Kier alpha value is -3.79. The number of hydrogen-bond acceptors (Lipinski definition) is 7. The van der Waals surface area contributed by atoms with E-state index in [-0.39, 0.29) is 11.7 Å². The van der Waals surface area contributed by atoms with Gasteiger partial charge in [-0.15, -0.1) is 11.3 Å². The molecule has 0 radical (unpaired) electrons. The third-order valence-corrected chi connectivity index (χ3v) is 8.36. The fraction of sp³-hybridized carbons (Fsp3) is 0.333. The van der Waals surface area contributed by atoms with Crippen molar-refractivity contribution in [2.45, 2.75) is 26.1 Å². The van der Waals surface area contributed by atoms with E-state index in [0.717, 1.165) is 48.7 Å². The van der Waals surface area contributed by atoms with E-state index < -0.39 is 0 Å². The standard InChI is InChI=1S/C33H37FN4O3S/c1-40-30-13-10-25(20-31(30)41-2)14-15-37(22-27-8-11-28(34)12-9-27)23-32-35-29(24-42-32)33(39)38-18-16-36(17-19-38)21-26-6-4-3-5-7-26/h3-13,20,24H,14-19,21-23H2,1-2H3. The Morgan fingerprint density at radius 2 is 1.60 bits per heavy atom. The van der Waals surface area contributed by atoms with Gasteiger partial charge in [0.15, 0.2) is 11.5 Å². The monoisotopic (exact) mass is 588 g/mol. The van der Waals surface area contributed by atoms with E-state index in [1.54, 1.807) is 14.2 Å². The first kappa shape index (κ1) is 29.7. The second kappa shape index (κ2) is 14.4. The average Bonchev–Trinajstić information content (AvgIpc) is 3.49. The molecule has 2 heterocycles. The smallest absolute Gasteiger partial charge is 0.273 e. The van der Waals surface area contributed by atoms with E-state index in [1.807, 2.05) is 46.7 Å². The molecule has 3 aromatic carbocycles. The Balaban J connectivity index is 1.21. The highest BCUT2D eigenvalue weighted by Gasteiger charge is 2.24. The molecule has 0 N–H and O–H groups in total. The summed E-state index contributed by atoms with van der Waals surface area (Å²) in [5.41, 5.74) is 3.94. The maximum atomic E-state index is 13.5. The number of methoxy groups -OCH3 is 2. The largest absolute Gasteiger partial charge is 0.493 e. The summed E-state index contributed by atoms with van der Waals surface area (Å²) in [5.74, 6) is 1.14. The Morgan fingerprint density at radius 1 is 0.881 bits per heavy atom. The van der Waals surface area contributed by atoms with E-state index in [1.165, 1.54) is 29.0 Å². The van der Waals surface area contributed by atoms with E-state index in [0.29, 0.717) is 43.4 Å². The summed E-state index contributed by atoms with van der Waals surface area (Å²) in [4.78, 5) is 24.6. The van der Waals surface area contributed by atoms with Gasteiger partial charge >= 0.3 is 0 Å². The van der Waals surface area contributed by atoms with Gasteiger partial charge < -0.3 is 14.4 Å². The van der Waals surface area contributed by atoms with Crippen molar-refractivity contribution in [3.8, 4) is 11.5 Å². The number of amides is 1. The first-order chi connectivity index (χ1) is 20.5. The molecule has 7 nitrogen and oxygen atoms in total. The van der Waals surface area contributed by atoms with Gasteiger partial charge in [-0.05, 0) is 47.4 Å². The highest BCUT2D eigenvalue weighted by atomic mass is 32.1. The van der Waals surface area contributed by atoms with Gasteiger partial charge in [0.25, 0.3) is 5.91 Å². The molecule has 4 aromatic rings. The molecule has 0 unspecified atom stereocenters. The highest BCUT2D eigenvalue weighted by Crippen LogP contribution is 2.28. The molecule has 5 rings (SSSR count). The Labute approximate surface area is 251 Å². The lowest BCUT2D eigenvalue weighted by Crippen LogP contribution is -2.48. The molecule has 1 aromatic heterocycles. The molecule has 1 aliphatic heterocycles. The maximum Gasteiger partial charge on any atom is 0.273 e. The summed E-state index contributed by atoms with van der Waals surface area (Å²) < 4.78 is 24.4. The van der Waals surface area contributed by atoms with Crippen LogP contribution in [0.4, 0.5) is 4.39 Å². The minimum atomic E-state index is -0.250. The summed E-state index contributed by atoms with van der Waals surface area (Å²) in [6.45, 7) is 5.96. The number of thiazole rings is 1. The van der Waals surface area contributed by atoms with Crippen LogP contribution in [-0.2, 0) is 26.1 Å². The van der Waals surface area contributed by atoms with Gasteiger partial charge in [0.2, 0.25) is 0 Å². The molecule has 1 aliphatic rings. The quantitative estimate of drug-likeness (QED) is 0.218. The van der Waals surface area contributed by atoms with Crippen LogP contribution in [-0.4, -0.2) is 72.5 Å². The van der Waals surface area contributed by atoms with Gasteiger partial charge in [0, 0.05) is 51.2 Å². The molecular weight excluding hydrogens is 551 g/mol. The van der Waals surface area contributed by atoms with Gasteiger partial charge in [-0.25, -0.2) is 9.37 Å². The van der Waals surface area contributed by atoms with Gasteiger partial charge in [-0.1, -0.05) is 48.5 Å². The second-order valence-electron chi connectivity index (χ2n) is 10.5. The van der Waals surface area contributed by atoms with Crippen molar-refractivity contribution >= 4 is 17.2 Å². The predicted molar refractivity (Wildman–Crippen MR) is 164 cm³/mol. The van der Waals surface area contributed by atoms with Crippen molar-refractivity contribution in [3.05, 3.63) is 111 Å². The van der Waals surface area contributed by atoms with Gasteiger partial charge in [0.1, 0.15) is 16.5 Å². The van der Waals surface area contributed by atoms with Crippen LogP contribution in [0.3, 0.4) is 0 Å². The zero-order chi connectivity index (χ0) is 29.3. The van der Waals surface area contributed by atoms with Gasteiger partial charge in [0.05, 0.1) is 20.8 Å². The van der Waals surface area contributed by atoms with Crippen LogP contribution in [0.25, 0.3) is 0 Å². The number of rotatable bonds is 12. The third-order valence-electron chi connectivity index (χ3n) is 7.52. The number of aromatic nitrogens is 1. The average molecular weight is 589 g/mol. The van der Waals surface area contributed by atoms with Crippen molar-refractivity contribution in [3.63, 3.8) is 0 Å². The van der Waals surface area contributed by atoms with Crippen molar-refractivity contribution in [2.24, 2.45) is 0 Å². The highest BCUT2D eigenvalue weighted by molar-refractivity contribution is 7.09. The zero-order valence-corrected chi connectivity index (χ0v) is 25.0. The lowest BCUT2D eigenvalue weighted by Gasteiger charge is -2.34. The number of nitrogens with zero attached hydrogens (tertiary/aromatic N) is 4. The molecule has 1 fully saturated rings. The molecule has 0 aliphatic carbocycles. The van der Waals surface area contributed by atoms with Crippen molar-refractivity contribution in [1.29, 1.82) is 0 Å². The molecular formula is C33H37FN4O3S. The SMILES string of the molecule is COc1ccc(CCN(Cc2ccc(F)cc2)Cc2nc(C(=O)N3CCN(Cc4ccccc4)CC3)cs2)cc1OC. The summed E-state index contributed by atoms with van der Waals surface area (Å²) in [6.07, 6.45) is 0.784. The fourth-order valence-electron chi connectivity index (χ4n) is 5.17. The Kier molecular flexibility index (Phi) is 10.2. The lowest BCUT2D eigenvalue weighted by atomic mass is 10.1. The van der Waals surface area contributed by atoms with Crippen molar-refractivity contribution in [2.75, 3.05) is 46.9 Å². The minimum absolute atomic E-state index is 0.00715. The Morgan fingerprint density at radius 3 is 2.31 bits per heavy atom. The van der Waals surface area contributed by atoms with Crippen LogP contribution >= 0.6 is 11.3 Å². The van der Waals surface area contributed by atoms with Crippen LogP contribution in [0, 0.1) is 5.82 Å². The van der Waals surface area contributed by atoms with Gasteiger partial charge in [-0.3, -0.25) is 14.6 Å². The first-order valence-electron chi connectivity index (χ1n) is 14.2. The molecule has 42 heavy (non-hydrogen) atoms. The fourth-order valence-corrected chi connectivity index (χ4v) is 5.98. The number of hydrogen-bond donors (Lipinski definition) is 0. The van der Waals surface area contributed by atoms with E-state index in [4.69, 9.17) is 14.5 Å². The normalized spacial score (nSPS) is 13.9. The number of benzene rings is 3. The lowest BCUT2D eigenvalue weighted by molar-refractivity contribution is 0.0623. The molecule has 0 saturated carbocycles. The molecule has 1 amide bonds. The van der Waals surface area contributed by atoms with Crippen molar-refractivity contribution in [1.82, 2.24) is 19.7 Å². The maximum absolute atomic E-state index is 13.5. The Bertz CT molecular complexity index is 1440. The second-order valence-corrected chi connectivity index (χ2v) is 11.4. The summed E-state index contributed by atoms with van der Waals surface area (Å²) in [6, 6.07) is 23.0. The number of carbonyl (C=O) groups excluding carboxylic acids is 1. The van der Waals surface area contributed by atoms with Crippen LogP contribution in [0.5, 0.6) is 11.5 Å².